The molecule has 0 saturated carbocycles. The Morgan fingerprint density at radius 2 is 2.28 bits per heavy atom. The Balaban J connectivity index is 1.51. The molecule has 7 heteroatoms. The van der Waals surface area contributed by atoms with Gasteiger partial charge >= 0.3 is 0 Å². The molecule has 0 aliphatic carbocycles. The number of quaternary nitrogens is 1. The van der Waals surface area contributed by atoms with Gasteiger partial charge in [-0.15, -0.1) is 0 Å². The number of hydrogen-bond donors (Lipinski definition) is 1. The van der Waals surface area contributed by atoms with Crippen LogP contribution in [0.5, 0.6) is 0 Å². The number of fused-ring (bicyclic) bond motifs is 1. The van der Waals surface area contributed by atoms with Crippen molar-refractivity contribution in [3.8, 4) is 6.07 Å². The highest BCUT2D eigenvalue weighted by molar-refractivity contribution is 7.22. The van der Waals surface area contributed by atoms with E-state index in [9.17, 15) is 4.79 Å². The van der Waals surface area contributed by atoms with Crippen molar-refractivity contribution in [1.29, 1.82) is 5.26 Å². The molecule has 1 amide bonds. The summed E-state index contributed by atoms with van der Waals surface area (Å²) < 4.78 is 1.76. The standard InChI is InChI=1S/C18H24N5OS/c1-23(2,13-17(24)22-10-5-6-14(22)12-19)11-9-20-18-21-15-7-3-4-8-16(15)25-18/h3-4,7-8,14H,5-6,9-11,13H2,1-2H3,(H,20,21)/q+1/t14-/m0/s1. The molecule has 6 nitrogen and oxygen atoms in total. The molecule has 1 aromatic heterocycles. The van der Waals surface area contributed by atoms with Crippen LogP contribution in [0.3, 0.4) is 0 Å². The van der Waals surface area contributed by atoms with Crippen LogP contribution >= 0.6 is 11.3 Å². The fourth-order valence-electron chi connectivity index (χ4n) is 3.15. The molecule has 0 spiro atoms. The number of thiazole rings is 1. The molecule has 1 N–H and O–H groups in total. The van der Waals surface area contributed by atoms with Gasteiger partial charge in [-0.25, -0.2) is 4.98 Å². The number of carbonyl (C=O) groups excluding carboxylic acids is 1. The highest BCUT2D eigenvalue weighted by atomic mass is 32.1. The number of likely N-dealkylation sites (tertiary alicyclic amines) is 1. The maximum absolute atomic E-state index is 12.5. The molecular weight excluding hydrogens is 334 g/mol. The number of para-hydroxylation sites is 1. The van der Waals surface area contributed by atoms with Gasteiger partial charge in [0.05, 0.1) is 43.5 Å². The number of amides is 1. The minimum Gasteiger partial charge on any atom is -0.356 e. The quantitative estimate of drug-likeness (QED) is 0.805. The number of rotatable bonds is 6. The van der Waals surface area contributed by atoms with Crippen LogP contribution in [-0.4, -0.2) is 66.6 Å². The molecule has 1 aromatic carbocycles. The molecule has 1 aliphatic rings. The van der Waals surface area contributed by atoms with E-state index in [1.807, 2.05) is 18.2 Å². The molecule has 0 unspecified atom stereocenters. The zero-order chi connectivity index (χ0) is 17.9. The average Bonchev–Trinajstić information content (AvgIpc) is 3.20. The normalized spacial score (nSPS) is 17.6. The third-order valence-corrected chi connectivity index (χ3v) is 5.57. The summed E-state index contributed by atoms with van der Waals surface area (Å²) in [4.78, 5) is 18.8. The number of nitrogens with zero attached hydrogens (tertiary/aromatic N) is 4. The van der Waals surface area contributed by atoms with Crippen LogP contribution < -0.4 is 5.32 Å². The molecule has 0 radical (unpaired) electrons. The molecular formula is C18H24N5OS+. The monoisotopic (exact) mass is 358 g/mol. The molecule has 132 valence electrons. The van der Waals surface area contributed by atoms with Gasteiger partial charge in [-0.2, -0.15) is 5.26 Å². The van der Waals surface area contributed by atoms with E-state index in [1.165, 1.54) is 4.70 Å². The number of carbonyl (C=O) groups is 1. The van der Waals surface area contributed by atoms with E-state index in [1.54, 1.807) is 16.2 Å². The second-order valence-corrected chi connectivity index (χ2v) is 8.14. The first-order chi connectivity index (χ1) is 12.0. The summed E-state index contributed by atoms with van der Waals surface area (Å²) in [6, 6.07) is 10.1. The molecule has 1 atom stereocenters. The van der Waals surface area contributed by atoms with E-state index >= 15 is 0 Å². The van der Waals surface area contributed by atoms with E-state index < -0.39 is 0 Å². The van der Waals surface area contributed by atoms with Crippen molar-refractivity contribution in [2.75, 3.05) is 45.6 Å². The Bertz CT molecular complexity index is 761. The number of hydrogen-bond acceptors (Lipinski definition) is 5. The molecule has 2 aromatic rings. The van der Waals surface area contributed by atoms with Gasteiger partial charge in [0.15, 0.2) is 11.7 Å². The van der Waals surface area contributed by atoms with Gasteiger partial charge in [-0.1, -0.05) is 23.5 Å². The molecule has 2 heterocycles. The molecule has 1 saturated heterocycles. The number of aromatic nitrogens is 1. The van der Waals surface area contributed by atoms with E-state index in [4.69, 9.17) is 5.26 Å². The summed E-state index contributed by atoms with van der Waals surface area (Å²) in [5.74, 6) is 0.0778. The Morgan fingerprint density at radius 3 is 3.04 bits per heavy atom. The van der Waals surface area contributed by atoms with Crippen molar-refractivity contribution in [2.24, 2.45) is 0 Å². The van der Waals surface area contributed by atoms with Gasteiger partial charge in [0.1, 0.15) is 6.04 Å². The van der Waals surface area contributed by atoms with Crippen LogP contribution in [0.4, 0.5) is 5.13 Å². The Hall–Kier alpha value is -2.17. The van der Waals surface area contributed by atoms with Crippen LogP contribution in [0.25, 0.3) is 10.2 Å². The molecule has 0 bridgehead atoms. The van der Waals surface area contributed by atoms with Gasteiger partial charge in [-0.05, 0) is 25.0 Å². The minimum atomic E-state index is -0.242. The highest BCUT2D eigenvalue weighted by Crippen LogP contribution is 2.25. The summed E-state index contributed by atoms with van der Waals surface area (Å²) in [7, 11) is 4.10. The lowest BCUT2D eigenvalue weighted by Gasteiger charge is -2.31. The van der Waals surface area contributed by atoms with E-state index in [2.05, 4.69) is 36.5 Å². The maximum atomic E-state index is 12.5. The largest absolute Gasteiger partial charge is 0.356 e. The zero-order valence-corrected chi connectivity index (χ0v) is 15.6. The first-order valence-electron chi connectivity index (χ1n) is 8.59. The Kier molecular flexibility index (Phi) is 5.21. The predicted octanol–water partition coefficient (Wildman–Crippen LogP) is 2.30. The summed E-state index contributed by atoms with van der Waals surface area (Å²) in [6.07, 6.45) is 1.73. The summed E-state index contributed by atoms with van der Waals surface area (Å²) in [5.41, 5.74) is 1.01. The van der Waals surface area contributed by atoms with E-state index in [0.29, 0.717) is 17.6 Å². The van der Waals surface area contributed by atoms with Gasteiger partial charge in [0.25, 0.3) is 5.91 Å². The Labute approximate surface area is 152 Å². The van der Waals surface area contributed by atoms with Gasteiger partial charge in [0, 0.05) is 6.54 Å². The highest BCUT2D eigenvalue weighted by Gasteiger charge is 2.32. The van der Waals surface area contributed by atoms with Crippen molar-refractivity contribution in [2.45, 2.75) is 18.9 Å². The van der Waals surface area contributed by atoms with E-state index in [0.717, 1.165) is 36.6 Å². The van der Waals surface area contributed by atoms with Gasteiger partial charge in [-0.3, -0.25) is 4.79 Å². The third kappa shape index (κ3) is 4.27. The van der Waals surface area contributed by atoms with Crippen molar-refractivity contribution in [1.82, 2.24) is 9.88 Å². The first-order valence-corrected chi connectivity index (χ1v) is 9.41. The second kappa shape index (κ2) is 7.38. The number of nitriles is 1. The smallest absolute Gasteiger partial charge is 0.278 e. The minimum absolute atomic E-state index is 0.0778. The molecule has 1 fully saturated rings. The molecule has 25 heavy (non-hydrogen) atoms. The SMILES string of the molecule is C[N+](C)(CCNc1nc2ccccc2s1)CC(=O)N1CCC[C@H]1C#N. The van der Waals surface area contributed by atoms with Crippen molar-refractivity contribution in [3.63, 3.8) is 0 Å². The van der Waals surface area contributed by atoms with Crippen LogP contribution in [0, 0.1) is 11.3 Å². The topological polar surface area (TPSA) is 69.0 Å². The van der Waals surface area contributed by atoms with Crippen molar-refractivity contribution in [3.05, 3.63) is 24.3 Å². The van der Waals surface area contributed by atoms with Crippen molar-refractivity contribution < 1.29 is 9.28 Å². The van der Waals surface area contributed by atoms with E-state index in [-0.39, 0.29) is 11.9 Å². The zero-order valence-electron chi connectivity index (χ0n) is 14.7. The van der Waals surface area contributed by atoms with Gasteiger partial charge in [0.2, 0.25) is 0 Å². The number of nitrogens with one attached hydrogen (secondary N) is 1. The average molecular weight is 358 g/mol. The summed E-state index contributed by atoms with van der Waals surface area (Å²) >= 11 is 1.65. The number of benzene rings is 1. The number of likely N-dealkylation sites (N-methyl/N-ethyl adjacent to an activating group) is 1. The maximum Gasteiger partial charge on any atom is 0.278 e. The first kappa shape index (κ1) is 17.6. The lowest BCUT2D eigenvalue weighted by atomic mass is 10.2. The van der Waals surface area contributed by atoms with Crippen LogP contribution in [0.2, 0.25) is 0 Å². The fraction of sp³-hybridized carbons (Fsp3) is 0.500. The van der Waals surface area contributed by atoms with Gasteiger partial charge < -0.3 is 14.7 Å². The molecule has 1 aliphatic heterocycles. The van der Waals surface area contributed by atoms with Crippen molar-refractivity contribution >= 4 is 32.6 Å². The number of anilines is 1. The fourth-order valence-corrected chi connectivity index (χ4v) is 4.04. The van der Waals surface area contributed by atoms with Crippen LogP contribution in [-0.2, 0) is 4.79 Å². The predicted molar refractivity (Wildman–Crippen MR) is 100 cm³/mol. The lowest BCUT2D eigenvalue weighted by Crippen LogP contribution is -2.51. The third-order valence-electron chi connectivity index (χ3n) is 4.57. The lowest BCUT2D eigenvalue weighted by molar-refractivity contribution is -0.881. The van der Waals surface area contributed by atoms with Crippen LogP contribution in [0.15, 0.2) is 24.3 Å². The van der Waals surface area contributed by atoms with Crippen LogP contribution in [0.1, 0.15) is 12.8 Å². The molecule has 3 rings (SSSR count). The summed E-state index contributed by atoms with van der Waals surface area (Å²) in [6.45, 7) is 2.69. The summed E-state index contributed by atoms with van der Waals surface area (Å²) in [5, 5.41) is 13.4. The Morgan fingerprint density at radius 1 is 1.48 bits per heavy atom. The second-order valence-electron chi connectivity index (χ2n) is 7.11.